The van der Waals surface area contributed by atoms with Gasteiger partial charge in [-0.05, 0) is 31.2 Å². The van der Waals surface area contributed by atoms with Crippen molar-refractivity contribution in [2.75, 3.05) is 139 Å². The summed E-state index contributed by atoms with van der Waals surface area (Å²) in [4.78, 5) is 0. The molecule has 0 amide bonds. The highest BCUT2D eigenvalue weighted by atomic mass is 16.6. The van der Waals surface area contributed by atoms with Crippen molar-refractivity contribution < 1.29 is 57.2 Å². The zero-order chi connectivity index (χ0) is 28.6. The van der Waals surface area contributed by atoms with E-state index in [0.29, 0.717) is 132 Å². The average Bonchev–Trinajstić information content (AvgIpc) is 2.98. The maximum atomic E-state index is 8.58. The normalized spacial score (nSPS) is 11.2. The van der Waals surface area contributed by atoms with Crippen molar-refractivity contribution in [2.24, 2.45) is 0 Å². The Hall–Kier alpha value is -1.58. The van der Waals surface area contributed by atoms with Gasteiger partial charge in [-0.15, -0.1) is 0 Å². The first-order chi connectivity index (χ1) is 19.9. The highest BCUT2D eigenvalue weighted by Gasteiger charge is 1.99. The molecule has 0 radical (unpaired) electrons. The van der Waals surface area contributed by atoms with E-state index in [2.05, 4.69) is 0 Å². The molecule has 1 rings (SSSR count). The summed E-state index contributed by atoms with van der Waals surface area (Å²) in [5.41, 5.74) is 0. The summed E-state index contributed by atoms with van der Waals surface area (Å²) in [7, 11) is 0. The Balaban J connectivity index is 1.82. The monoisotopic (exact) mass is 578 g/mol. The van der Waals surface area contributed by atoms with Crippen LogP contribution < -0.4 is 9.47 Å². The second-order valence-electron chi connectivity index (χ2n) is 7.99. The number of aliphatic hydroxyl groups is 1. The van der Waals surface area contributed by atoms with Gasteiger partial charge in [0.05, 0.1) is 119 Å². The smallest absolute Gasteiger partial charge is 0.119 e. The lowest BCUT2D eigenvalue weighted by atomic mass is 10.3. The Morgan fingerprint density at radius 1 is 0.375 bits per heavy atom. The summed E-state index contributed by atoms with van der Waals surface area (Å²) in [5.74, 6) is 1.50. The van der Waals surface area contributed by atoms with Gasteiger partial charge < -0.3 is 57.2 Å². The van der Waals surface area contributed by atoms with Gasteiger partial charge in [0.1, 0.15) is 24.7 Å². The second-order valence-corrected chi connectivity index (χ2v) is 7.99. The van der Waals surface area contributed by atoms with Gasteiger partial charge in [0.2, 0.25) is 0 Å². The summed E-state index contributed by atoms with van der Waals surface area (Å²) in [6.45, 7) is 12.2. The van der Waals surface area contributed by atoms with Crippen LogP contribution in [0.4, 0.5) is 0 Å². The van der Waals surface area contributed by atoms with Gasteiger partial charge in [0.25, 0.3) is 0 Å². The SMILES string of the molecule is CCOCCOCCOCCOCCOCCOc1ccc(OCCOCCOCCOCCOCCO)cc1. The van der Waals surface area contributed by atoms with Gasteiger partial charge in [0, 0.05) is 6.61 Å². The van der Waals surface area contributed by atoms with E-state index in [4.69, 9.17) is 57.2 Å². The van der Waals surface area contributed by atoms with Crippen LogP contribution in [0.2, 0.25) is 0 Å². The van der Waals surface area contributed by atoms with Gasteiger partial charge in [0.15, 0.2) is 0 Å². The third-order valence-corrected chi connectivity index (χ3v) is 4.86. The second kappa shape index (κ2) is 30.4. The van der Waals surface area contributed by atoms with Gasteiger partial charge in [-0.25, -0.2) is 0 Å². The van der Waals surface area contributed by atoms with Crippen molar-refractivity contribution in [1.82, 2.24) is 0 Å². The number of aliphatic hydroxyl groups excluding tert-OH is 1. The zero-order valence-corrected chi connectivity index (χ0v) is 24.1. The first-order valence-corrected chi connectivity index (χ1v) is 14.0. The fourth-order valence-electron chi connectivity index (χ4n) is 2.92. The summed E-state index contributed by atoms with van der Waals surface area (Å²) >= 11 is 0. The molecule has 0 atom stereocenters. The Kier molecular flexibility index (Phi) is 27.7. The minimum atomic E-state index is 0.0240. The highest BCUT2D eigenvalue weighted by molar-refractivity contribution is 5.31. The Bertz CT molecular complexity index is 620. The number of hydrogen-bond donors (Lipinski definition) is 1. The molecule has 0 fully saturated rings. The molecular weight excluding hydrogens is 528 g/mol. The summed E-state index contributed by atoms with van der Waals surface area (Å²) in [5, 5.41) is 8.58. The molecule has 1 aromatic carbocycles. The van der Waals surface area contributed by atoms with E-state index in [-0.39, 0.29) is 6.61 Å². The lowest BCUT2D eigenvalue weighted by Gasteiger charge is -2.10. The highest BCUT2D eigenvalue weighted by Crippen LogP contribution is 2.17. The molecule has 1 aromatic rings. The Morgan fingerprint density at radius 2 is 0.625 bits per heavy atom. The molecule has 0 aliphatic carbocycles. The molecule has 234 valence electrons. The van der Waals surface area contributed by atoms with Crippen molar-refractivity contribution in [2.45, 2.75) is 6.92 Å². The molecular formula is C28H50O12. The molecule has 0 heterocycles. The molecule has 0 unspecified atom stereocenters. The molecule has 0 aromatic heterocycles. The predicted molar refractivity (Wildman–Crippen MR) is 148 cm³/mol. The van der Waals surface area contributed by atoms with Crippen LogP contribution in [-0.4, -0.2) is 144 Å². The molecule has 0 saturated heterocycles. The van der Waals surface area contributed by atoms with E-state index < -0.39 is 0 Å². The summed E-state index contributed by atoms with van der Waals surface area (Å²) in [6.07, 6.45) is 0. The number of hydrogen-bond acceptors (Lipinski definition) is 12. The zero-order valence-electron chi connectivity index (χ0n) is 24.1. The Labute approximate surface area is 239 Å². The fourth-order valence-corrected chi connectivity index (χ4v) is 2.92. The molecule has 40 heavy (non-hydrogen) atoms. The standard InChI is InChI=1S/C28H50O12/c1-2-30-9-10-32-13-14-34-17-18-36-20-22-38-24-26-40-28-5-3-27(4-6-28)39-25-23-37-21-19-35-16-15-33-12-11-31-8-7-29/h3-6,29H,2,7-26H2,1H3. The molecule has 0 bridgehead atoms. The van der Waals surface area contributed by atoms with Crippen LogP contribution >= 0.6 is 0 Å². The quantitative estimate of drug-likeness (QED) is 0.125. The lowest BCUT2D eigenvalue weighted by Crippen LogP contribution is -2.14. The minimum absolute atomic E-state index is 0.0240. The predicted octanol–water partition coefficient (Wildman–Crippen LogP) is 1.61. The number of benzene rings is 1. The molecule has 12 heteroatoms. The van der Waals surface area contributed by atoms with Gasteiger partial charge in [-0.3, -0.25) is 0 Å². The van der Waals surface area contributed by atoms with E-state index in [1.807, 2.05) is 31.2 Å². The van der Waals surface area contributed by atoms with Crippen molar-refractivity contribution >= 4 is 0 Å². The largest absolute Gasteiger partial charge is 0.491 e. The molecule has 1 N–H and O–H groups in total. The molecule has 0 spiro atoms. The van der Waals surface area contributed by atoms with Crippen LogP contribution in [0.3, 0.4) is 0 Å². The fraction of sp³-hybridized carbons (Fsp3) is 0.786. The minimum Gasteiger partial charge on any atom is -0.491 e. The summed E-state index contributed by atoms with van der Waals surface area (Å²) < 4.78 is 59.6. The topological polar surface area (TPSA) is 122 Å². The first-order valence-electron chi connectivity index (χ1n) is 14.0. The maximum absolute atomic E-state index is 8.58. The van der Waals surface area contributed by atoms with Crippen LogP contribution in [0, 0.1) is 0 Å². The molecule has 0 aliphatic rings. The van der Waals surface area contributed by atoms with E-state index in [9.17, 15) is 0 Å². The van der Waals surface area contributed by atoms with Crippen molar-refractivity contribution in [3.05, 3.63) is 24.3 Å². The number of rotatable bonds is 32. The number of ether oxygens (including phenoxy) is 11. The van der Waals surface area contributed by atoms with E-state index >= 15 is 0 Å². The molecule has 0 aliphatic heterocycles. The third kappa shape index (κ3) is 25.4. The molecule has 12 nitrogen and oxygen atoms in total. The van der Waals surface area contributed by atoms with Gasteiger partial charge in [-0.1, -0.05) is 0 Å². The van der Waals surface area contributed by atoms with Crippen LogP contribution in [0.15, 0.2) is 24.3 Å². The van der Waals surface area contributed by atoms with Crippen molar-refractivity contribution in [3.63, 3.8) is 0 Å². The Morgan fingerprint density at radius 3 is 0.900 bits per heavy atom. The van der Waals surface area contributed by atoms with Gasteiger partial charge in [-0.2, -0.15) is 0 Å². The van der Waals surface area contributed by atoms with Crippen LogP contribution in [-0.2, 0) is 42.6 Å². The van der Waals surface area contributed by atoms with Gasteiger partial charge >= 0.3 is 0 Å². The van der Waals surface area contributed by atoms with Crippen LogP contribution in [0.1, 0.15) is 6.92 Å². The summed E-state index contributed by atoms with van der Waals surface area (Å²) in [6, 6.07) is 7.43. The van der Waals surface area contributed by atoms with Crippen molar-refractivity contribution in [3.8, 4) is 11.5 Å². The average molecular weight is 579 g/mol. The van der Waals surface area contributed by atoms with E-state index in [1.165, 1.54) is 0 Å². The third-order valence-electron chi connectivity index (χ3n) is 4.86. The van der Waals surface area contributed by atoms with Crippen LogP contribution in [0.25, 0.3) is 0 Å². The maximum Gasteiger partial charge on any atom is 0.119 e. The lowest BCUT2D eigenvalue weighted by molar-refractivity contribution is -0.0119. The van der Waals surface area contributed by atoms with E-state index in [0.717, 1.165) is 11.5 Å². The first kappa shape index (κ1) is 36.4. The van der Waals surface area contributed by atoms with Crippen molar-refractivity contribution in [1.29, 1.82) is 0 Å². The van der Waals surface area contributed by atoms with Crippen LogP contribution in [0.5, 0.6) is 11.5 Å². The van der Waals surface area contributed by atoms with E-state index in [1.54, 1.807) is 0 Å². The molecule has 0 saturated carbocycles.